The first-order chi connectivity index (χ1) is 10.6. The quantitative estimate of drug-likeness (QED) is 0.479. The number of aliphatic carboxylic acids is 1. The molecule has 6 nitrogen and oxygen atoms in total. The fourth-order valence-corrected chi connectivity index (χ4v) is 2.97. The van der Waals surface area contributed by atoms with Crippen molar-refractivity contribution in [1.82, 2.24) is 4.98 Å². The lowest BCUT2D eigenvalue weighted by molar-refractivity contribution is -0.388. The molecule has 0 fully saturated rings. The zero-order chi connectivity index (χ0) is 15.9. The summed E-state index contributed by atoms with van der Waals surface area (Å²) >= 11 is 1.10. The van der Waals surface area contributed by atoms with Gasteiger partial charge in [-0.3, -0.25) is 14.9 Å². The Morgan fingerprint density at radius 1 is 1.27 bits per heavy atom. The molecule has 7 heteroatoms. The molecule has 0 bridgehead atoms. The number of rotatable bonds is 7. The zero-order valence-electron chi connectivity index (χ0n) is 11.6. The Kier molecular flexibility index (Phi) is 5.48. The highest BCUT2D eigenvalue weighted by Gasteiger charge is 2.21. The Labute approximate surface area is 131 Å². The third kappa shape index (κ3) is 4.29. The van der Waals surface area contributed by atoms with Gasteiger partial charge < -0.3 is 5.11 Å². The highest BCUT2D eigenvalue weighted by atomic mass is 32.2. The van der Waals surface area contributed by atoms with Gasteiger partial charge in [0, 0.05) is 18.0 Å². The molecule has 1 aromatic carbocycles. The lowest BCUT2D eigenvalue weighted by Crippen LogP contribution is -2.19. The van der Waals surface area contributed by atoms with Crippen molar-refractivity contribution < 1.29 is 14.8 Å². The van der Waals surface area contributed by atoms with E-state index in [2.05, 4.69) is 4.98 Å². The van der Waals surface area contributed by atoms with Gasteiger partial charge in [-0.05, 0) is 18.1 Å². The number of pyridine rings is 1. The van der Waals surface area contributed by atoms with Crippen LogP contribution in [0, 0.1) is 16.0 Å². The lowest BCUT2D eigenvalue weighted by Gasteiger charge is -2.11. The molecule has 114 valence electrons. The van der Waals surface area contributed by atoms with Gasteiger partial charge in [-0.2, -0.15) is 0 Å². The van der Waals surface area contributed by atoms with Gasteiger partial charge >= 0.3 is 11.7 Å². The summed E-state index contributed by atoms with van der Waals surface area (Å²) in [5.41, 5.74) is 0.822. The fourth-order valence-electron chi connectivity index (χ4n) is 1.93. The van der Waals surface area contributed by atoms with Crippen molar-refractivity contribution in [2.75, 3.05) is 5.75 Å². The highest BCUT2D eigenvalue weighted by molar-refractivity contribution is 7.99. The van der Waals surface area contributed by atoms with Gasteiger partial charge in [0.2, 0.25) is 0 Å². The van der Waals surface area contributed by atoms with Crippen molar-refractivity contribution in [2.45, 2.75) is 11.4 Å². The van der Waals surface area contributed by atoms with Crippen molar-refractivity contribution >= 4 is 23.4 Å². The zero-order valence-corrected chi connectivity index (χ0v) is 12.4. The van der Waals surface area contributed by atoms with Gasteiger partial charge in [0.15, 0.2) is 5.03 Å². The van der Waals surface area contributed by atoms with E-state index in [1.807, 2.05) is 30.3 Å². The summed E-state index contributed by atoms with van der Waals surface area (Å²) in [4.78, 5) is 25.8. The third-order valence-electron chi connectivity index (χ3n) is 3.04. The van der Waals surface area contributed by atoms with Gasteiger partial charge in [0.05, 0.1) is 10.8 Å². The largest absolute Gasteiger partial charge is 0.481 e. The second-order valence-electron chi connectivity index (χ2n) is 4.62. The number of aromatic nitrogens is 1. The fraction of sp³-hybridized carbons (Fsp3) is 0.200. The number of carbonyl (C=O) groups is 1. The SMILES string of the molecule is O=C(O)C(CSc1ncccc1[N+](=O)[O-])Cc1ccccc1. The molecule has 2 rings (SSSR count). The van der Waals surface area contributed by atoms with Crippen LogP contribution >= 0.6 is 11.8 Å². The first-order valence-corrected chi connectivity index (χ1v) is 7.55. The Bertz CT molecular complexity index is 664. The first kappa shape index (κ1) is 16.0. The number of hydrogen-bond donors (Lipinski definition) is 1. The number of thioether (sulfide) groups is 1. The van der Waals surface area contributed by atoms with Gasteiger partial charge in [-0.15, -0.1) is 0 Å². The maximum Gasteiger partial charge on any atom is 0.307 e. The summed E-state index contributed by atoms with van der Waals surface area (Å²) in [6.07, 6.45) is 1.84. The Morgan fingerprint density at radius 2 is 2.00 bits per heavy atom. The molecule has 22 heavy (non-hydrogen) atoms. The van der Waals surface area contributed by atoms with Crippen LogP contribution in [0.5, 0.6) is 0 Å². The van der Waals surface area contributed by atoms with E-state index in [-0.39, 0.29) is 16.5 Å². The van der Waals surface area contributed by atoms with Gasteiger partial charge in [-0.25, -0.2) is 4.98 Å². The van der Waals surface area contributed by atoms with E-state index in [0.717, 1.165) is 17.3 Å². The minimum Gasteiger partial charge on any atom is -0.481 e. The van der Waals surface area contributed by atoms with E-state index >= 15 is 0 Å². The predicted octanol–water partition coefficient (Wildman–Crippen LogP) is 3.03. The van der Waals surface area contributed by atoms with Crippen LogP contribution in [-0.4, -0.2) is 26.7 Å². The topological polar surface area (TPSA) is 93.3 Å². The molecule has 0 aliphatic carbocycles. The molecule has 1 N–H and O–H groups in total. The number of hydrogen-bond acceptors (Lipinski definition) is 5. The molecule has 1 atom stereocenters. The van der Waals surface area contributed by atoms with E-state index < -0.39 is 16.8 Å². The van der Waals surface area contributed by atoms with E-state index in [1.165, 1.54) is 18.3 Å². The number of carboxylic acid groups (broad SMARTS) is 1. The van der Waals surface area contributed by atoms with Crippen LogP contribution in [-0.2, 0) is 11.2 Å². The molecule has 0 saturated carbocycles. The van der Waals surface area contributed by atoms with Crippen molar-refractivity contribution in [1.29, 1.82) is 0 Å². The second-order valence-corrected chi connectivity index (χ2v) is 5.63. The normalized spacial score (nSPS) is 11.8. The van der Waals surface area contributed by atoms with Crippen LogP contribution < -0.4 is 0 Å². The maximum atomic E-state index is 11.4. The summed E-state index contributed by atoms with van der Waals surface area (Å²) in [6, 6.07) is 12.2. The molecule has 0 spiro atoms. The Morgan fingerprint density at radius 3 is 2.64 bits per heavy atom. The average molecular weight is 318 g/mol. The molecular formula is C15H14N2O4S. The monoisotopic (exact) mass is 318 g/mol. The van der Waals surface area contributed by atoms with E-state index in [9.17, 15) is 20.0 Å². The Hall–Kier alpha value is -2.41. The standard InChI is InChI=1S/C15H14N2O4S/c18-15(19)12(9-11-5-2-1-3-6-11)10-22-14-13(17(20)21)7-4-8-16-14/h1-8,12H,9-10H2,(H,18,19). The van der Waals surface area contributed by atoms with E-state index in [4.69, 9.17) is 0 Å². The van der Waals surface area contributed by atoms with Crippen LogP contribution in [0.1, 0.15) is 5.56 Å². The molecular weight excluding hydrogens is 304 g/mol. The number of nitrogens with zero attached hydrogens (tertiary/aromatic N) is 2. The van der Waals surface area contributed by atoms with Crippen LogP contribution in [0.25, 0.3) is 0 Å². The summed E-state index contributed by atoms with van der Waals surface area (Å²) in [6.45, 7) is 0. The number of benzene rings is 1. The molecule has 0 aliphatic rings. The summed E-state index contributed by atoms with van der Waals surface area (Å²) in [5, 5.41) is 20.5. The second kappa shape index (κ2) is 7.56. The molecule has 1 aromatic heterocycles. The van der Waals surface area contributed by atoms with Gasteiger partial charge in [0.1, 0.15) is 0 Å². The van der Waals surface area contributed by atoms with Crippen LogP contribution in [0.15, 0.2) is 53.7 Å². The molecule has 1 heterocycles. The van der Waals surface area contributed by atoms with Crippen LogP contribution in [0.3, 0.4) is 0 Å². The average Bonchev–Trinajstić information content (AvgIpc) is 2.52. The Balaban J connectivity index is 2.07. The first-order valence-electron chi connectivity index (χ1n) is 6.57. The number of nitro groups is 1. The van der Waals surface area contributed by atoms with Crippen molar-refractivity contribution in [3.8, 4) is 0 Å². The predicted molar refractivity (Wildman–Crippen MR) is 82.9 cm³/mol. The molecule has 0 saturated heterocycles. The molecule has 1 unspecified atom stereocenters. The molecule has 0 radical (unpaired) electrons. The van der Waals surface area contributed by atoms with E-state index in [0.29, 0.717) is 6.42 Å². The number of carboxylic acids is 1. The third-order valence-corrected chi connectivity index (χ3v) is 4.20. The summed E-state index contributed by atoms with van der Waals surface area (Å²) in [5.74, 6) is -1.33. The van der Waals surface area contributed by atoms with Crippen LogP contribution in [0.2, 0.25) is 0 Å². The molecule has 2 aromatic rings. The van der Waals surface area contributed by atoms with Gasteiger partial charge in [0.25, 0.3) is 0 Å². The summed E-state index contributed by atoms with van der Waals surface area (Å²) in [7, 11) is 0. The smallest absolute Gasteiger partial charge is 0.307 e. The van der Waals surface area contributed by atoms with Crippen LogP contribution in [0.4, 0.5) is 5.69 Å². The van der Waals surface area contributed by atoms with Crippen molar-refractivity contribution in [3.05, 3.63) is 64.3 Å². The summed E-state index contributed by atoms with van der Waals surface area (Å²) < 4.78 is 0. The minimum absolute atomic E-state index is 0.101. The molecule has 0 aliphatic heterocycles. The van der Waals surface area contributed by atoms with Gasteiger partial charge in [-0.1, -0.05) is 42.1 Å². The minimum atomic E-state index is -0.921. The molecule has 0 amide bonds. The highest BCUT2D eigenvalue weighted by Crippen LogP contribution is 2.28. The van der Waals surface area contributed by atoms with Crippen molar-refractivity contribution in [2.24, 2.45) is 5.92 Å². The maximum absolute atomic E-state index is 11.4. The van der Waals surface area contributed by atoms with E-state index in [1.54, 1.807) is 0 Å². The van der Waals surface area contributed by atoms with Crippen molar-refractivity contribution in [3.63, 3.8) is 0 Å². The lowest BCUT2D eigenvalue weighted by atomic mass is 10.0.